The first-order chi connectivity index (χ1) is 9.08. The van der Waals surface area contributed by atoms with E-state index in [0.717, 1.165) is 11.1 Å². The van der Waals surface area contributed by atoms with Gasteiger partial charge in [0.1, 0.15) is 5.75 Å². The largest absolute Gasteiger partial charge is 0.507 e. The third-order valence-corrected chi connectivity index (χ3v) is 2.99. The van der Waals surface area contributed by atoms with Gasteiger partial charge in [-0.25, -0.2) is 0 Å². The topological polar surface area (TPSA) is 40.5 Å². The standard InChI is InChI=1S/C16H17NO2/c1-12-8-9-14(15(18)10-12)16(19)17(2)11-13-6-4-3-5-7-13/h3-10,18H,11H2,1-2H3. The number of aromatic hydroxyl groups is 1. The monoisotopic (exact) mass is 255 g/mol. The van der Waals surface area contributed by atoms with E-state index in [9.17, 15) is 9.90 Å². The van der Waals surface area contributed by atoms with Crippen LogP contribution in [0, 0.1) is 6.92 Å². The molecule has 3 nitrogen and oxygen atoms in total. The molecule has 0 spiro atoms. The molecular weight excluding hydrogens is 238 g/mol. The smallest absolute Gasteiger partial charge is 0.257 e. The number of phenolic OH excluding ortho intramolecular Hbond substituents is 1. The first kappa shape index (κ1) is 13.1. The zero-order valence-electron chi connectivity index (χ0n) is 11.1. The van der Waals surface area contributed by atoms with Crippen LogP contribution in [0.2, 0.25) is 0 Å². The van der Waals surface area contributed by atoms with Crippen molar-refractivity contribution in [3.63, 3.8) is 0 Å². The molecule has 3 heteroatoms. The van der Waals surface area contributed by atoms with E-state index in [0.29, 0.717) is 12.1 Å². The fraction of sp³-hybridized carbons (Fsp3) is 0.188. The minimum atomic E-state index is -0.179. The minimum absolute atomic E-state index is 0.0323. The maximum atomic E-state index is 12.2. The van der Waals surface area contributed by atoms with Gasteiger partial charge < -0.3 is 10.0 Å². The van der Waals surface area contributed by atoms with E-state index < -0.39 is 0 Å². The summed E-state index contributed by atoms with van der Waals surface area (Å²) < 4.78 is 0. The van der Waals surface area contributed by atoms with E-state index in [-0.39, 0.29) is 11.7 Å². The van der Waals surface area contributed by atoms with Gasteiger partial charge in [-0.15, -0.1) is 0 Å². The summed E-state index contributed by atoms with van der Waals surface area (Å²) in [7, 11) is 1.73. The maximum Gasteiger partial charge on any atom is 0.257 e. The van der Waals surface area contributed by atoms with Gasteiger partial charge in [0, 0.05) is 13.6 Å². The number of rotatable bonds is 3. The van der Waals surface area contributed by atoms with Crippen LogP contribution in [0.5, 0.6) is 5.75 Å². The van der Waals surface area contributed by atoms with Crippen LogP contribution in [0.4, 0.5) is 0 Å². The third-order valence-electron chi connectivity index (χ3n) is 2.99. The summed E-state index contributed by atoms with van der Waals surface area (Å²) >= 11 is 0. The molecule has 1 N–H and O–H groups in total. The van der Waals surface area contributed by atoms with E-state index in [4.69, 9.17) is 0 Å². The molecule has 0 radical (unpaired) electrons. The molecule has 98 valence electrons. The van der Waals surface area contributed by atoms with Crippen molar-refractivity contribution in [2.24, 2.45) is 0 Å². The summed E-state index contributed by atoms with van der Waals surface area (Å²) in [5.74, 6) is -0.147. The number of hydrogen-bond donors (Lipinski definition) is 1. The second-order valence-corrected chi connectivity index (χ2v) is 4.67. The van der Waals surface area contributed by atoms with Crippen molar-refractivity contribution in [3.05, 3.63) is 65.2 Å². The predicted molar refractivity (Wildman–Crippen MR) is 75.1 cm³/mol. The Kier molecular flexibility index (Phi) is 3.85. The molecule has 0 heterocycles. The first-order valence-corrected chi connectivity index (χ1v) is 6.17. The fourth-order valence-corrected chi connectivity index (χ4v) is 1.96. The van der Waals surface area contributed by atoms with Crippen molar-refractivity contribution in [3.8, 4) is 5.75 Å². The van der Waals surface area contributed by atoms with E-state index in [1.807, 2.05) is 43.3 Å². The van der Waals surface area contributed by atoms with Crippen molar-refractivity contribution < 1.29 is 9.90 Å². The molecule has 2 aromatic rings. The van der Waals surface area contributed by atoms with Gasteiger partial charge in [-0.05, 0) is 30.2 Å². The Morgan fingerprint density at radius 3 is 2.47 bits per heavy atom. The molecule has 0 aromatic heterocycles. The third kappa shape index (κ3) is 3.13. The summed E-state index contributed by atoms with van der Waals surface area (Å²) in [6.45, 7) is 2.40. The lowest BCUT2D eigenvalue weighted by atomic mass is 10.1. The van der Waals surface area contributed by atoms with Gasteiger partial charge >= 0.3 is 0 Å². The highest BCUT2D eigenvalue weighted by Gasteiger charge is 2.15. The van der Waals surface area contributed by atoms with Crippen LogP contribution in [0.1, 0.15) is 21.5 Å². The predicted octanol–water partition coefficient (Wildman–Crippen LogP) is 2.97. The molecule has 2 aromatic carbocycles. The molecule has 0 saturated carbocycles. The number of aryl methyl sites for hydroxylation is 1. The van der Waals surface area contributed by atoms with Crippen molar-refractivity contribution in [1.82, 2.24) is 4.90 Å². The van der Waals surface area contributed by atoms with Crippen molar-refractivity contribution in [1.29, 1.82) is 0 Å². The van der Waals surface area contributed by atoms with Crippen LogP contribution >= 0.6 is 0 Å². The van der Waals surface area contributed by atoms with Gasteiger partial charge in [-0.3, -0.25) is 4.79 Å². The quantitative estimate of drug-likeness (QED) is 0.916. The van der Waals surface area contributed by atoms with Crippen molar-refractivity contribution in [2.75, 3.05) is 7.05 Å². The Labute approximate surface area is 113 Å². The van der Waals surface area contributed by atoms with Gasteiger partial charge in [0.2, 0.25) is 0 Å². The molecule has 19 heavy (non-hydrogen) atoms. The fourth-order valence-electron chi connectivity index (χ4n) is 1.96. The Morgan fingerprint density at radius 1 is 1.16 bits per heavy atom. The number of carbonyl (C=O) groups excluding carboxylic acids is 1. The zero-order chi connectivity index (χ0) is 13.8. The lowest BCUT2D eigenvalue weighted by Crippen LogP contribution is -2.26. The lowest BCUT2D eigenvalue weighted by molar-refractivity contribution is 0.0782. The highest BCUT2D eigenvalue weighted by molar-refractivity contribution is 5.96. The highest BCUT2D eigenvalue weighted by atomic mass is 16.3. The summed E-state index contributed by atoms with van der Waals surface area (Å²) in [5.41, 5.74) is 2.33. The molecule has 0 aliphatic heterocycles. The van der Waals surface area contributed by atoms with Crippen LogP contribution in [0.15, 0.2) is 48.5 Å². The van der Waals surface area contributed by atoms with Crippen LogP contribution in [-0.4, -0.2) is 23.0 Å². The van der Waals surface area contributed by atoms with Gasteiger partial charge in [0.05, 0.1) is 5.56 Å². The van der Waals surface area contributed by atoms with E-state index in [1.165, 1.54) is 0 Å². The molecule has 0 unspecified atom stereocenters. The molecule has 0 aliphatic rings. The average molecular weight is 255 g/mol. The maximum absolute atomic E-state index is 12.2. The summed E-state index contributed by atoms with van der Waals surface area (Å²) in [6.07, 6.45) is 0. The normalized spacial score (nSPS) is 10.2. The molecule has 2 rings (SSSR count). The SMILES string of the molecule is Cc1ccc(C(=O)N(C)Cc2ccccc2)c(O)c1. The van der Waals surface area contributed by atoms with Crippen LogP contribution < -0.4 is 0 Å². The molecule has 1 amide bonds. The number of amides is 1. The van der Waals surface area contributed by atoms with Gasteiger partial charge in [0.25, 0.3) is 5.91 Å². The Balaban J connectivity index is 2.15. The molecule has 0 saturated heterocycles. The van der Waals surface area contributed by atoms with E-state index in [2.05, 4.69) is 0 Å². The van der Waals surface area contributed by atoms with E-state index in [1.54, 1.807) is 24.1 Å². The van der Waals surface area contributed by atoms with Crippen LogP contribution in [0.3, 0.4) is 0 Å². The van der Waals surface area contributed by atoms with Gasteiger partial charge in [-0.2, -0.15) is 0 Å². The molecule has 0 aliphatic carbocycles. The summed E-state index contributed by atoms with van der Waals surface area (Å²) in [5, 5.41) is 9.83. The summed E-state index contributed by atoms with van der Waals surface area (Å²) in [6, 6.07) is 14.9. The molecule has 0 bridgehead atoms. The number of carbonyl (C=O) groups is 1. The number of phenols is 1. The molecular formula is C16H17NO2. The van der Waals surface area contributed by atoms with Crippen LogP contribution in [-0.2, 0) is 6.54 Å². The van der Waals surface area contributed by atoms with Gasteiger partial charge in [0.15, 0.2) is 0 Å². The Morgan fingerprint density at radius 2 is 1.84 bits per heavy atom. The average Bonchev–Trinajstić information content (AvgIpc) is 2.39. The Hall–Kier alpha value is -2.29. The van der Waals surface area contributed by atoms with E-state index >= 15 is 0 Å². The van der Waals surface area contributed by atoms with Crippen LogP contribution in [0.25, 0.3) is 0 Å². The number of benzene rings is 2. The second-order valence-electron chi connectivity index (χ2n) is 4.67. The van der Waals surface area contributed by atoms with Gasteiger partial charge in [-0.1, -0.05) is 36.4 Å². The lowest BCUT2D eigenvalue weighted by Gasteiger charge is -2.18. The summed E-state index contributed by atoms with van der Waals surface area (Å²) in [4.78, 5) is 13.8. The molecule has 0 fully saturated rings. The first-order valence-electron chi connectivity index (χ1n) is 6.17. The second kappa shape index (κ2) is 5.57. The molecule has 0 atom stereocenters. The van der Waals surface area contributed by atoms with Crippen molar-refractivity contribution in [2.45, 2.75) is 13.5 Å². The highest BCUT2D eigenvalue weighted by Crippen LogP contribution is 2.20. The minimum Gasteiger partial charge on any atom is -0.507 e. The Bertz CT molecular complexity index is 579. The van der Waals surface area contributed by atoms with Crippen molar-refractivity contribution >= 4 is 5.91 Å². The number of nitrogens with zero attached hydrogens (tertiary/aromatic N) is 1. The zero-order valence-corrected chi connectivity index (χ0v) is 11.1. The number of hydrogen-bond acceptors (Lipinski definition) is 2.